The van der Waals surface area contributed by atoms with Crippen molar-refractivity contribution in [1.82, 2.24) is 10.6 Å². The van der Waals surface area contributed by atoms with E-state index in [-0.39, 0.29) is 11.4 Å². The van der Waals surface area contributed by atoms with E-state index < -0.39 is 0 Å². The van der Waals surface area contributed by atoms with Gasteiger partial charge in [0.05, 0.1) is 6.54 Å². The monoisotopic (exact) mass is 282 g/mol. The van der Waals surface area contributed by atoms with Crippen molar-refractivity contribution in [3.05, 3.63) is 0 Å². The number of rotatable bonds is 5. The Bertz CT molecular complexity index is 309. The van der Waals surface area contributed by atoms with Gasteiger partial charge in [-0.25, -0.2) is 0 Å². The van der Waals surface area contributed by atoms with E-state index in [2.05, 4.69) is 52.2 Å². The van der Waals surface area contributed by atoms with Gasteiger partial charge < -0.3 is 10.6 Å². The van der Waals surface area contributed by atoms with Gasteiger partial charge in [0, 0.05) is 11.6 Å². The minimum absolute atomic E-state index is 0.000149. The quantitative estimate of drug-likeness (QED) is 0.810. The molecule has 1 rings (SSSR count). The van der Waals surface area contributed by atoms with Gasteiger partial charge in [-0.3, -0.25) is 4.79 Å². The minimum atomic E-state index is 0.000149. The summed E-state index contributed by atoms with van der Waals surface area (Å²) >= 11 is 0. The Balaban J connectivity index is 2.30. The summed E-state index contributed by atoms with van der Waals surface area (Å²) in [6.07, 6.45) is 6.01. The SMILES string of the molecule is CCC(C)(C)C1CCC(NC(=O)CNC(C)(C)C)CC1. The zero-order chi connectivity index (χ0) is 15.4. The maximum atomic E-state index is 11.9. The summed E-state index contributed by atoms with van der Waals surface area (Å²) in [6.45, 7) is 13.7. The van der Waals surface area contributed by atoms with E-state index in [0.717, 1.165) is 18.8 Å². The maximum Gasteiger partial charge on any atom is 0.234 e. The van der Waals surface area contributed by atoms with Crippen LogP contribution in [0.4, 0.5) is 0 Å². The van der Waals surface area contributed by atoms with E-state index >= 15 is 0 Å². The normalized spacial score (nSPS) is 24.5. The second-order valence-corrected chi connectivity index (χ2v) is 8.06. The van der Waals surface area contributed by atoms with Crippen molar-refractivity contribution < 1.29 is 4.79 Å². The first-order valence-corrected chi connectivity index (χ1v) is 8.18. The molecule has 0 unspecified atom stereocenters. The van der Waals surface area contributed by atoms with Crippen LogP contribution in [0.25, 0.3) is 0 Å². The van der Waals surface area contributed by atoms with Crippen molar-refractivity contribution in [3.8, 4) is 0 Å². The molecule has 3 nitrogen and oxygen atoms in total. The lowest BCUT2D eigenvalue weighted by molar-refractivity contribution is -0.121. The summed E-state index contributed by atoms with van der Waals surface area (Å²) in [7, 11) is 0. The van der Waals surface area contributed by atoms with Gasteiger partial charge >= 0.3 is 0 Å². The van der Waals surface area contributed by atoms with Crippen LogP contribution in [0.1, 0.15) is 73.6 Å². The lowest BCUT2D eigenvalue weighted by atomic mass is 9.69. The topological polar surface area (TPSA) is 41.1 Å². The Hall–Kier alpha value is -0.570. The van der Waals surface area contributed by atoms with Crippen LogP contribution in [0.2, 0.25) is 0 Å². The summed E-state index contributed by atoms with van der Waals surface area (Å²) in [4.78, 5) is 11.9. The van der Waals surface area contributed by atoms with Crippen molar-refractivity contribution in [2.24, 2.45) is 11.3 Å². The van der Waals surface area contributed by atoms with Gasteiger partial charge in [0.15, 0.2) is 0 Å². The molecule has 1 saturated carbocycles. The van der Waals surface area contributed by atoms with Crippen LogP contribution in [0.3, 0.4) is 0 Å². The lowest BCUT2D eigenvalue weighted by Gasteiger charge is -2.39. The Morgan fingerprint density at radius 3 is 2.05 bits per heavy atom. The van der Waals surface area contributed by atoms with Crippen LogP contribution in [0.5, 0.6) is 0 Å². The van der Waals surface area contributed by atoms with E-state index in [0.29, 0.717) is 18.0 Å². The largest absolute Gasteiger partial charge is 0.352 e. The third kappa shape index (κ3) is 5.82. The second kappa shape index (κ2) is 6.93. The fraction of sp³-hybridized carbons (Fsp3) is 0.941. The molecule has 0 atom stereocenters. The van der Waals surface area contributed by atoms with Crippen molar-refractivity contribution in [1.29, 1.82) is 0 Å². The van der Waals surface area contributed by atoms with Gasteiger partial charge in [0.25, 0.3) is 0 Å². The Labute approximate surface area is 125 Å². The summed E-state index contributed by atoms with van der Waals surface area (Å²) in [5, 5.41) is 6.42. The molecule has 3 heteroatoms. The van der Waals surface area contributed by atoms with Gasteiger partial charge in [-0.1, -0.05) is 27.2 Å². The number of hydrogen-bond donors (Lipinski definition) is 2. The van der Waals surface area contributed by atoms with Crippen LogP contribution in [-0.4, -0.2) is 24.0 Å². The molecule has 0 aromatic rings. The average molecular weight is 282 g/mol. The number of nitrogens with one attached hydrogen (secondary N) is 2. The molecule has 1 aliphatic carbocycles. The highest BCUT2D eigenvalue weighted by Gasteiger charge is 2.32. The molecule has 0 spiro atoms. The van der Waals surface area contributed by atoms with Crippen LogP contribution < -0.4 is 10.6 Å². The zero-order valence-electron chi connectivity index (χ0n) is 14.3. The molecule has 0 saturated heterocycles. The van der Waals surface area contributed by atoms with E-state index in [4.69, 9.17) is 0 Å². The van der Waals surface area contributed by atoms with E-state index in [1.165, 1.54) is 19.3 Å². The first-order valence-electron chi connectivity index (χ1n) is 8.18. The molecule has 20 heavy (non-hydrogen) atoms. The molecule has 118 valence electrons. The van der Waals surface area contributed by atoms with Gasteiger partial charge in [0.1, 0.15) is 0 Å². The molecule has 0 heterocycles. The average Bonchev–Trinajstić information content (AvgIpc) is 2.36. The molecule has 1 amide bonds. The molecule has 1 fully saturated rings. The molecule has 1 aliphatic rings. The van der Waals surface area contributed by atoms with Crippen LogP contribution in [-0.2, 0) is 4.79 Å². The van der Waals surface area contributed by atoms with Gasteiger partial charge in [-0.2, -0.15) is 0 Å². The zero-order valence-corrected chi connectivity index (χ0v) is 14.3. The molecular weight excluding hydrogens is 248 g/mol. The van der Waals surface area contributed by atoms with Crippen LogP contribution >= 0.6 is 0 Å². The van der Waals surface area contributed by atoms with E-state index in [1.54, 1.807) is 0 Å². The van der Waals surface area contributed by atoms with Crippen molar-refractivity contribution in [3.63, 3.8) is 0 Å². The lowest BCUT2D eigenvalue weighted by Crippen LogP contribution is -2.47. The fourth-order valence-electron chi connectivity index (χ4n) is 2.93. The maximum absolute atomic E-state index is 11.9. The smallest absolute Gasteiger partial charge is 0.234 e. The molecular formula is C17H34N2O. The molecule has 0 aliphatic heterocycles. The molecule has 2 N–H and O–H groups in total. The second-order valence-electron chi connectivity index (χ2n) is 8.06. The standard InChI is InChI=1S/C17H34N2O/c1-7-17(5,6)13-8-10-14(11-9-13)19-15(20)12-18-16(2,3)4/h13-14,18H,7-12H2,1-6H3,(H,19,20). The number of hydrogen-bond acceptors (Lipinski definition) is 2. The number of amides is 1. The molecule has 0 aromatic carbocycles. The summed E-state index contributed by atoms with van der Waals surface area (Å²) < 4.78 is 0. The van der Waals surface area contributed by atoms with Crippen LogP contribution in [0, 0.1) is 11.3 Å². The molecule has 0 bridgehead atoms. The van der Waals surface area contributed by atoms with E-state index in [1.807, 2.05) is 0 Å². The summed E-state index contributed by atoms with van der Waals surface area (Å²) in [5.74, 6) is 0.950. The highest BCUT2D eigenvalue weighted by Crippen LogP contribution is 2.40. The first kappa shape index (κ1) is 17.5. The Kier molecular flexibility index (Phi) is 6.06. The van der Waals surface area contributed by atoms with Crippen molar-refractivity contribution >= 4 is 5.91 Å². The van der Waals surface area contributed by atoms with E-state index in [9.17, 15) is 4.79 Å². The van der Waals surface area contributed by atoms with Crippen molar-refractivity contribution in [2.45, 2.75) is 85.2 Å². The third-order valence-corrected chi connectivity index (χ3v) is 4.89. The third-order valence-electron chi connectivity index (χ3n) is 4.89. The fourth-order valence-corrected chi connectivity index (χ4v) is 2.93. The van der Waals surface area contributed by atoms with Gasteiger partial charge in [-0.15, -0.1) is 0 Å². The van der Waals surface area contributed by atoms with Gasteiger partial charge in [0.2, 0.25) is 5.91 Å². The Morgan fingerprint density at radius 2 is 1.60 bits per heavy atom. The summed E-state index contributed by atoms with van der Waals surface area (Å²) in [5.41, 5.74) is 0.447. The van der Waals surface area contributed by atoms with Gasteiger partial charge in [-0.05, 0) is 57.8 Å². The predicted molar refractivity (Wildman–Crippen MR) is 85.7 cm³/mol. The highest BCUT2D eigenvalue weighted by molar-refractivity contribution is 5.78. The summed E-state index contributed by atoms with van der Waals surface area (Å²) in [6, 6.07) is 0.383. The first-order chi connectivity index (χ1) is 9.14. The molecule has 0 aromatic heterocycles. The number of carbonyl (C=O) groups is 1. The highest BCUT2D eigenvalue weighted by atomic mass is 16.2. The van der Waals surface area contributed by atoms with Crippen molar-refractivity contribution in [2.75, 3.05) is 6.54 Å². The molecule has 0 radical (unpaired) electrons. The number of carbonyl (C=O) groups excluding carboxylic acids is 1. The minimum Gasteiger partial charge on any atom is -0.352 e. The Morgan fingerprint density at radius 1 is 1.05 bits per heavy atom. The predicted octanol–water partition coefficient (Wildman–Crippen LogP) is 3.49. The van der Waals surface area contributed by atoms with Crippen LogP contribution in [0.15, 0.2) is 0 Å².